The fraction of sp³-hybridized carbons (Fsp3) is 0.250. The molecular formula is C16H16N4S. The minimum Gasteiger partial charge on any atom is -0.354 e. The summed E-state index contributed by atoms with van der Waals surface area (Å²) in [5.41, 5.74) is 2.59. The zero-order valence-corrected chi connectivity index (χ0v) is 12.6. The molecule has 0 saturated carbocycles. The summed E-state index contributed by atoms with van der Waals surface area (Å²) >= 11 is 1.70. The first-order valence-corrected chi connectivity index (χ1v) is 7.97. The van der Waals surface area contributed by atoms with Crippen LogP contribution in [0.2, 0.25) is 0 Å². The number of hydrogen-bond acceptors (Lipinski definition) is 4. The summed E-state index contributed by atoms with van der Waals surface area (Å²) in [6.07, 6.45) is 0. The van der Waals surface area contributed by atoms with E-state index < -0.39 is 0 Å². The Bertz CT molecular complexity index is 760. The van der Waals surface area contributed by atoms with Gasteiger partial charge in [0.1, 0.15) is 0 Å². The molecule has 4 rings (SSSR count). The predicted molar refractivity (Wildman–Crippen MR) is 85.7 cm³/mol. The number of fused-ring (bicyclic) bond motifs is 1. The Morgan fingerprint density at radius 2 is 2.10 bits per heavy atom. The smallest absolute Gasteiger partial charge is 0.221 e. The molecule has 4 nitrogen and oxygen atoms in total. The van der Waals surface area contributed by atoms with E-state index in [1.54, 1.807) is 11.3 Å². The molecular weight excluding hydrogens is 280 g/mol. The third-order valence-corrected chi connectivity index (χ3v) is 4.92. The number of aromatic nitrogens is 3. The number of aryl methyl sites for hydroxylation is 1. The summed E-state index contributed by atoms with van der Waals surface area (Å²) < 4.78 is 2.00. The van der Waals surface area contributed by atoms with Crippen molar-refractivity contribution in [1.82, 2.24) is 14.8 Å². The Labute approximate surface area is 127 Å². The molecule has 0 aliphatic carbocycles. The van der Waals surface area contributed by atoms with Gasteiger partial charge in [0.25, 0.3) is 0 Å². The molecule has 1 aliphatic rings. The maximum atomic E-state index is 4.68. The highest BCUT2D eigenvalue weighted by Crippen LogP contribution is 2.30. The van der Waals surface area contributed by atoms with Crippen LogP contribution in [0, 0.1) is 6.92 Å². The standard InChI is InChI=1S/C16H16N4S/c1-11-7-8-21-14(11)15-18-16-17-9-13(10-20(16)19-15)12-5-3-2-4-6-12/h2-8,13H,9-10H2,1H3,(H,17,18,19). The number of anilines is 1. The molecule has 1 aromatic carbocycles. The Hall–Kier alpha value is -2.14. The highest BCUT2D eigenvalue weighted by molar-refractivity contribution is 7.13. The highest BCUT2D eigenvalue weighted by atomic mass is 32.1. The molecule has 2 aromatic heterocycles. The lowest BCUT2D eigenvalue weighted by molar-refractivity contribution is 0.504. The van der Waals surface area contributed by atoms with Gasteiger partial charge in [-0.05, 0) is 29.5 Å². The molecule has 5 heteroatoms. The second-order valence-corrected chi connectivity index (χ2v) is 6.28. The van der Waals surface area contributed by atoms with Gasteiger partial charge in [0.15, 0.2) is 5.82 Å². The van der Waals surface area contributed by atoms with Crippen LogP contribution in [0.15, 0.2) is 41.8 Å². The van der Waals surface area contributed by atoms with Crippen LogP contribution in [0.3, 0.4) is 0 Å². The summed E-state index contributed by atoms with van der Waals surface area (Å²) in [5.74, 6) is 2.15. The first-order valence-electron chi connectivity index (χ1n) is 7.09. The molecule has 0 radical (unpaired) electrons. The predicted octanol–water partition coefficient (Wildman–Crippen LogP) is 3.52. The van der Waals surface area contributed by atoms with Gasteiger partial charge in [-0.1, -0.05) is 30.3 Å². The SMILES string of the molecule is Cc1ccsc1-c1nc2n(n1)CC(c1ccccc1)CN2. The van der Waals surface area contributed by atoms with Crippen molar-refractivity contribution in [2.24, 2.45) is 0 Å². The average Bonchev–Trinajstić information content (AvgIpc) is 3.12. The van der Waals surface area contributed by atoms with Gasteiger partial charge in [-0.25, -0.2) is 4.68 Å². The summed E-state index contributed by atoms with van der Waals surface area (Å²) in [6.45, 7) is 3.89. The topological polar surface area (TPSA) is 42.7 Å². The Kier molecular flexibility index (Phi) is 3.00. The van der Waals surface area contributed by atoms with Crippen LogP contribution in [0.1, 0.15) is 17.0 Å². The summed E-state index contributed by atoms with van der Waals surface area (Å²) in [6, 6.07) is 12.7. The van der Waals surface area contributed by atoms with Crippen LogP contribution in [-0.2, 0) is 6.54 Å². The number of thiophene rings is 1. The van der Waals surface area contributed by atoms with E-state index in [1.165, 1.54) is 11.1 Å². The largest absolute Gasteiger partial charge is 0.354 e. The highest BCUT2D eigenvalue weighted by Gasteiger charge is 2.23. The molecule has 1 N–H and O–H groups in total. The molecule has 0 bridgehead atoms. The number of rotatable bonds is 2. The minimum absolute atomic E-state index is 0.442. The van der Waals surface area contributed by atoms with Crippen molar-refractivity contribution in [2.45, 2.75) is 19.4 Å². The molecule has 106 valence electrons. The van der Waals surface area contributed by atoms with Gasteiger partial charge in [-0.15, -0.1) is 16.4 Å². The van der Waals surface area contributed by atoms with Gasteiger partial charge >= 0.3 is 0 Å². The summed E-state index contributed by atoms with van der Waals surface area (Å²) in [4.78, 5) is 5.80. The molecule has 1 aliphatic heterocycles. The molecule has 3 aromatic rings. The third-order valence-electron chi connectivity index (χ3n) is 3.91. The molecule has 0 spiro atoms. The fourth-order valence-corrected chi connectivity index (χ4v) is 3.59. The first kappa shape index (κ1) is 12.6. The van der Waals surface area contributed by atoms with E-state index >= 15 is 0 Å². The lowest BCUT2D eigenvalue weighted by Gasteiger charge is -2.23. The van der Waals surface area contributed by atoms with E-state index in [1.807, 2.05) is 4.68 Å². The van der Waals surface area contributed by atoms with E-state index in [4.69, 9.17) is 0 Å². The Morgan fingerprint density at radius 1 is 1.24 bits per heavy atom. The van der Waals surface area contributed by atoms with Crippen molar-refractivity contribution in [1.29, 1.82) is 0 Å². The molecule has 21 heavy (non-hydrogen) atoms. The molecule has 1 unspecified atom stereocenters. The summed E-state index contributed by atoms with van der Waals surface area (Å²) in [5, 5.41) is 10.2. The van der Waals surface area contributed by atoms with Gasteiger partial charge in [-0.3, -0.25) is 0 Å². The zero-order chi connectivity index (χ0) is 14.2. The van der Waals surface area contributed by atoms with Crippen molar-refractivity contribution in [3.63, 3.8) is 0 Å². The van der Waals surface area contributed by atoms with Gasteiger partial charge in [0.2, 0.25) is 5.95 Å². The fourth-order valence-electron chi connectivity index (χ4n) is 2.73. The zero-order valence-electron chi connectivity index (χ0n) is 11.8. The number of nitrogens with zero attached hydrogens (tertiary/aromatic N) is 3. The van der Waals surface area contributed by atoms with E-state index in [2.05, 4.69) is 64.1 Å². The first-order chi connectivity index (χ1) is 10.3. The maximum absolute atomic E-state index is 4.68. The lowest BCUT2D eigenvalue weighted by Crippen LogP contribution is -2.26. The molecule has 1 atom stereocenters. The van der Waals surface area contributed by atoms with Crippen molar-refractivity contribution >= 4 is 17.3 Å². The van der Waals surface area contributed by atoms with Gasteiger partial charge < -0.3 is 5.32 Å². The average molecular weight is 296 g/mol. The van der Waals surface area contributed by atoms with E-state index in [0.717, 1.165) is 29.7 Å². The third kappa shape index (κ3) is 2.23. The second-order valence-electron chi connectivity index (χ2n) is 5.36. The van der Waals surface area contributed by atoms with Crippen LogP contribution in [0.25, 0.3) is 10.7 Å². The van der Waals surface area contributed by atoms with E-state index in [0.29, 0.717) is 5.92 Å². The monoisotopic (exact) mass is 296 g/mol. The Morgan fingerprint density at radius 3 is 2.86 bits per heavy atom. The number of hydrogen-bond donors (Lipinski definition) is 1. The molecule has 0 amide bonds. The van der Waals surface area contributed by atoms with Crippen molar-refractivity contribution in [3.8, 4) is 10.7 Å². The molecule has 3 heterocycles. The summed E-state index contributed by atoms with van der Waals surface area (Å²) in [7, 11) is 0. The van der Waals surface area contributed by atoms with Crippen LogP contribution in [0.4, 0.5) is 5.95 Å². The van der Waals surface area contributed by atoms with Crippen LogP contribution in [-0.4, -0.2) is 21.3 Å². The van der Waals surface area contributed by atoms with Crippen molar-refractivity contribution in [2.75, 3.05) is 11.9 Å². The van der Waals surface area contributed by atoms with Gasteiger partial charge in [-0.2, -0.15) is 4.98 Å². The van der Waals surface area contributed by atoms with Crippen molar-refractivity contribution in [3.05, 3.63) is 52.9 Å². The lowest BCUT2D eigenvalue weighted by atomic mass is 9.98. The normalized spacial score (nSPS) is 17.3. The van der Waals surface area contributed by atoms with Crippen LogP contribution in [0.5, 0.6) is 0 Å². The van der Waals surface area contributed by atoms with E-state index in [9.17, 15) is 0 Å². The van der Waals surface area contributed by atoms with Gasteiger partial charge in [0.05, 0.1) is 11.4 Å². The number of nitrogens with one attached hydrogen (secondary N) is 1. The molecule has 0 fully saturated rings. The number of benzene rings is 1. The molecule has 0 saturated heterocycles. The quantitative estimate of drug-likeness (QED) is 0.786. The van der Waals surface area contributed by atoms with Crippen LogP contribution >= 0.6 is 11.3 Å². The minimum atomic E-state index is 0.442. The Balaban J connectivity index is 1.65. The van der Waals surface area contributed by atoms with E-state index in [-0.39, 0.29) is 0 Å². The maximum Gasteiger partial charge on any atom is 0.221 e. The second kappa shape index (κ2) is 5.00. The van der Waals surface area contributed by atoms with Crippen LogP contribution < -0.4 is 5.32 Å². The van der Waals surface area contributed by atoms with Crippen molar-refractivity contribution < 1.29 is 0 Å². The van der Waals surface area contributed by atoms with Gasteiger partial charge in [0, 0.05) is 12.5 Å².